The fourth-order valence-electron chi connectivity index (χ4n) is 3.44. The molecule has 3 N–H and O–H groups in total. The van der Waals surface area contributed by atoms with E-state index in [1.807, 2.05) is 31.2 Å². The first-order chi connectivity index (χ1) is 19.0. The Balaban J connectivity index is 1.33. The molecule has 0 saturated heterocycles. The number of hydrogen-bond donors (Lipinski definition) is 3. The summed E-state index contributed by atoms with van der Waals surface area (Å²) in [6.45, 7) is 2.50. The highest BCUT2D eigenvalue weighted by Gasteiger charge is 2.16. The van der Waals surface area contributed by atoms with E-state index in [0.29, 0.717) is 29.3 Å². The van der Waals surface area contributed by atoms with Gasteiger partial charge in [0.05, 0.1) is 18.6 Å². The summed E-state index contributed by atoms with van der Waals surface area (Å²) >= 11 is 1.37. The van der Waals surface area contributed by atoms with E-state index in [1.165, 1.54) is 24.1 Å². The number of benzene rings is 3. The maximum Gasteiger partial charge on any atom is 0.272 e. The maximum atomic E-state index is 13.0. The monoisotopic (exact) mass is 541 g/mol. The number of hydrogen-bond acceptors (Lipinski definition) is 6. The van der Waals surface area contributed by atoms with Crippen molar-refractivity contribution in [1.29, 1.82) is 0 Å². The van der Waals surface area contributed by atoms with Crippen LogP contribution in [0.2, 0.25) is 0 Å². The second-order valence-electron chi connectivity index (χ2n) is 8.17. The summed E-state index contributed by atoms with van der Waals surface area (Å²) in [5.74, 6) is 0.330. The lowest BCUT2D eigenvalue weighted by Crippen LogP contribution is -2.30. The molecule has 0 aliphatic carbocycles. The predicted molar refractivity (Wildman–Crippen MR) is 153 cm³/mol. The number of ether oxygens (including phenoxy) is 1. The maximum absolute atomic E-state index is 13.0. The Morgan fingerprint density at radius 2 is 1.54 bits per heavy atom. The first-order valence-electron chi connectivity index (χ1n) is 12.2. The Morgan fingerprint density at radius 3 is 2.21 bits per heavy atom. The molecule has 0 aliphatic heterocycles. The van der Waals surface area contributed by atoms with E-state index in [-0.39, 0.29) is 17.4 Å². The molecule has 0 unspecified atom stereocenters. The van der Waals surface area contributed by atoms with Crippen LogP contribution in [0.5, 0.6) is 5.75 Å². The lowest BCUT2D eigenvalue weighted by Gasteiger charge is -2.11. The third-order valence-electron chi connectivity index (χ3n) is 5.29. The van der Waals surface area contributed by atoms with Crippen molar-refractivity contribution in [3.8, 4) is 5.75 Å². The normalized spacial score (nSPS) is 10.9. The van der Waals surface area contributed by atoms with Gasteiger partial charge in [-0.25, -0.2) is 0 Å². The molecule has 0 fully saturated rings. The van der Waals surface area contributed by atoms with Gasteiger partial charge >= 0.3 is 0 Å². The number of carbonyl (C=O) groups is 3. The molecule has 3 aromatic carbocycles. The average Bonchev–Trinajstić information content (AvgIpc) is 3.47. The fourth-order valence-corrected chi connectivity index (χ4v) is 4.14. The molecule has 0 bridgehead atoms. The second-order valence-corrected chi connectivity index (χ2v) is 9.22. The molecule has 1 aromatic heterocycles. The summed E-state index contributed by atoms with van der Waals surface area (Å²) in [5, 5.41) is 8.30. The van der Waals surface area contributed by atoms with Crippen LogP contribution < -0.4 is 20.7 Å². The van der Waals surface area contributed by atoms with Gasteiger partial charge in [-0.05, 0) is 79.7 Å². The van der Waals surface area contributed by atoms with Crippen LogP contribution in [0.15, 0.2) is 112 Å². The third-order valence-corrected chi connectivity index (χ3v) is 6.30. The molecule has 0 aliphatic rings. The van der Waals surface area contributed by atoms with Crippen LogP contribution in [0.4, 0.5) is 11.4 Å². The molecule has 4 aromatic rings. The zero-order valence-electron chi connectivity index (χ0n) is 21.2. The smallest absolute Gasteiger partial charge is 0.272 e. The van der Waals surface area contributed by atoms with Crippen LogP contribution in [0.3, 0.4) is 0 Å². The Labute approximate surface area is 230 Å². The topological polar surface area (TPSA) is 110 Å². The number of carbonyl (C=O) groups excluding carboxylic acids is 3. The van der Waals surface area contributed by atoms with Gasteiger partial charge in [-0.1, -0.05) is 18.2 Å². The van der Waals surface area contributed by atoms with Crippen molar-refractivity contribution >= 4 is 46.9 Å². The van der Waals surface area contributed by atoms with E-state index >= 15 is 0 Å². The molecular formula is C30H27N3O5S. The Kier molecular flexibility index (Phi) is 9.57. The molecule has 0 spiro atoms. The molecule has 1 heterocycles. The number of anilines is 2. The van der Waals surface area contributed by atoms with E-state index in [2.05, 4.69) is 16.0 Å². The van der Waals surface area contributed by atoms with Gasteiger partial charge in [0.1, 0.15) is 17.2 Å². The van der Waals surface area contributed by atoms with Crippen molar-refractivity contribution < 1.29 is 23.5 Å². The quantitative estimate of drug-likeness (QED) is 0.163. The predicted octanol–water partition coefficient (Wildman–Crippen LogP) is 5.82. The van der Waals surface area contributed by atoms with Gasteiger partial charge in [-0.15, -0.1) is 11.8 Å². The zero-order chi connectivity index (χ0) is 27.5. The van der Waals surface area contributed by atoms with Gasteiger partial charge in [0.2, 0.25) is 5.91 Å². The Hall–Kier alpha value is -4.76. The van der Waals surface area contributed by atoms with E-state index < -0.39 is 11.8 Å². The molecule has 3 amide bonds. The second kappa shape index (κ2) is 13.7. The highest BCUT2D eigenvalue weighted by molar-refractivity contribution is 8.00. The van der Waals surface area contributed by atoms with Gasteiger partial charge in [0.25, 0.3) is 11.8 Å². The Bertz CT molecular complexity index is 1420. The largest absolute Gasteiger partial charge is 0.494 e. The molecule has 8 nitrogen and oxygen atoms in total. The summed E-state index contributed by atoms with van der Waals surface area (Å²) in [5.41, 5.74) is 1.68. The van der Waals surface area contributed by atoms with Crippen molar-refractivity contribution in [3.63, 3.8) is 0 Å². The minimum Gasteiger partial charge on any atom is -0.494 e. The fraction of sp³-hybridized carbons (Fsp3) is 0.100. The summed E-state index contributed by atoms with van der Waals surface area (Å²) < 4.78 is 10.7. The average molecular weight is 542 g/mol. The molecule has 198 valence electrons. The minimum atomic E-state index is -0.509. The molecule has 4 rings (SSSR count). The Morgan fingerprint density at radius 1 is 0.846 bits per heavy atom. The van der Waals surface area contributed by atoms with Crippen molar-refractivity contribution in [1.82, 2.24) is 5.32 Å². The van der Waals surface area contributed by atoms with Gasteiger partial charge in [0, 0.05) is 27.9 Å². The lowest BCUT2D eigenvalue weighted by atomic mass is 10.2. The number of amides is 3. The molecule has 0 saturated carbocycles. The summed E-state index contributed by atoms with van der Waals surface area (Å²) in [4.78, 5) is 38.9. The molecule has 0 atom stereocenters. The summed E-state index contributed by atoms with van der Waals surface area (Å²) in [6.07, 6.45) is 2.94. The van der Waals surface area contributed by atoms with E-state index in [1.54, 1.807) is 66.7 Å². The van der Waals surface area contributed by atoms with Gasteiger partial charge in [-0.2, -0.15) is 0 Å². The van der Waals surface area contributed by atoms with Crippen molar-refractivity contribution in [3.05, 3.63) is 114 Å². The number of thioether (sulfide) groups is 1. The van der Waals surface area contributed by atoms with Gasteiger partial charge in [-0.3, -0.25) is 14.4 Å². The van der Waals surface area contributed by atoms with Crippen molar-refractivity contribution in [2.45, 2.75) is 11.8 Å². The van der Waals surface area contributed by atoms with Crippen LogP contribution >= 0.6 is 11.8 Å². The van der Waals surface area contributed by atoms with E-state index in [0.717, 1.165) is 10.6 Å². The standard InChI is InChI=1S/C30H27N3O5S/c1-2-37-24-14-10-22(11-15-24)31-28(34)20-39-26-16-12-23(13-17-26)32-30(36)27(19-25-9-6-18-38-25)33-29(35)21-7-4-3-5-8-21/h3-19H,2,20H2,1H3,(H,31,34)(H,32,36)(H,33,35)/b27-19-. The highest BCUT2D eigenvalue weighted by atomic mass is 32.2. The molecule has 0 radical (unpaired) electrons. The highest BCUT2D eigenvalue weighted by Crippen LogP contribution is 2.22. The van der Waals surface area contributed by atoms with Gasteiger partial charge in [0.15, 0.2) is 0 Å². The van der Waals surface area contributed by atoms with Crippen LogP contribution in [0.1, 0.15) is 23.0 Å². The number of furan rings is 1. The third kappa shape index (κ3) is 8.37. The zero-order valence-corrected chi connectivity index (χ0v) is 22.0. The number of rotatable bonds is 11. The van der Waals surface area contributed by atoms with E-state index in [4.69, 9.17) is 9.15 Å². The summed E-state index contributed by atoms with van der Waals surface area (Å²) in [6, 6.07) is 26.3. The number of nitrogens with one attached hydrogen (secondary N) is 3. The molecule has 39 heavy (non-hydrogen) atoms. The molecular weight excluding hydrogens is 514 g/mol. The minimum absolute atomic E-state index is 0.0308. The SMILES string of the molecule is CCOc1ccc(NC(=O)CSc2ccc(NC(=O)/C(=C/c3ccco3)NC(=O)c3ccccc3)cc2)cc1. The van der Waals surface area contributed by atoms with Gasteiger partial charge < -0.3 is 25.1 Å². The lowest BCUT2D eigenvalue weighted by molar-refractivity contribution is -0.114. The van der Waals surface area contributed by atoms with Crippen molar-refractivity contribution in [2.75, 3.05) is 23.0 Å². The molecule has 9 heteroatoms. The van der Waals surface area contributed by atoms with Crippen LogP contribution in [-0.2, 0) is 9.59 Å². The van der Waals surface area contributed by atoms with Crippen molar-refractivity contribution in [2.24, 2.45) is 0 Å². The van der Waals surface area contributed by atoms with E-state index in [9.17, 15) is 14.4 Å². The van der Waals surface area contributed by atoms with Crippen LogP contribution in [0, 0.1) is 0 Å². The first-order valence-corrected chi connectivity index (χ1v) is 13.2. The van der Waals surface area contributed by atoms with Crippen LogP contribution in [0.25, 0.3) is 6.08 Å². The first kappa shape index (κ1) is 27.3. The van der Waals surface area contributed by atoms with Crippen LogP contribution in [-0.4, -0.2) is 30.1 Å². The summed E-state index contributed by atoms with van der Waals surface area (Å²) in [7, 11) is 0.